The van der Waals surface area contributed by atoms with E-state index < -0.39 is 11.2 Å². The van der Waals surface area contributed by atoms with Crippen LogP contribution in [0.3, 0.4) is 0 Å². The lowest BCUT2D eigenvalue weighted by Gasteiger charge is -2.08. The summed E-state index contributed by atoms with van der Waals surface area (Å²) in [5, 5.41) is 18.8. The van der Waals surface area contributed by atoms with E-state index in [4.69, 9.17) is 5.11 Å². The lowest BCUT2D eigenvalue weighted by molar-refractivity contribution is -0.446. The van der Waals surface area contributed by atoms with Gasteiger partial charge in [0.25, 0.3) is 6.29 Å². The predicted molar refractivity (Wildman–Crippen MR) is 31.3 cm³/mol. The first-order valence-electron chi connectivity index (χ1n) is 2.56. The van der Waals surface area contributed by atoms with Crippen molar-refractivity contribution in [2.75, 3.05) is 0 Å². The summed E-state index contributed by atoms with van der Waals surface area (Å²) < 4.78 is 4.42. The second kappa shape index (κ2) is 2.49. The second-order valence-corrected chi connectivity index (χ2v) is 1.67. The van der Waals surface area contributed by atoms with E-state index in [1.807, 2.05) is 0 Å². The van der Waals surface area contributed by atoms with Crippen LogP contribution in [0.15, 0.2) is 24.1 Å². The second-order valence-electron chi connectivity index (χ2n) is 1.67. The van der Waals surface area contributed by atoms with Gasteiger partial charge in [-0.05, 0) is 6.08 Å². The highest BCUT2D eigenvalue weighted by atomic mass is 16.6. The third-order valence-electron chi connectivity index (χ3n) is 1.02. The molecule has 1 atom stereocenters. The van der Waals surface area contributed by atoms with Crippen LogP contribution in [0.5, 0.6) is 0 Å². The number of allylic oxidation sites excluding steroid dienone is 2. The van der Waals surface area contributed by atoms with Gasteiger partial charge in [-0.1, -0.05) is 0 Å². The maximum Gasteiger partial charge on any atom is 0.314 e. The van der Waals surface area contributed by atoms with Crippen molar-refractivity contribution in [3.8, 4) is 0 Å². The third kappa shape index (κ3) is 1.14. The van der Waals surface area contributed by atoms with Crippen LogP contribution in [0.2, 0.25) is 0 Å². The highest BCUT2D eigenvalue weighted by Crippen LogP contribution is 2.09. The monoisotopic (exact) mass is 143 g/mol. The molecule has 1 aliphatic heterocycles. The van der Waals surface area contributed by atoms with Crippen LogP contribution in [-0.2, 0) is 4.74 Å². The zero-order chi connectivity index (χ0) is 7.56. The summed E-state index contributed by atoms with van der Waals surface area (Å²) in [4.78, 5) is 9.34. The number of hydrogen-bond acceptors (Lipinski definition) is 4. The van der Waals surface area contributed by atoms with Crippen LogP contribution in [0.1, 0.15) is 0 Å². The Morgan fingerprint density at radius 3 is 2.90 bits per heavy atom. The quantitative estimate of drug-likeness (QED) is 0.414. The molecule has 54 valence electrons. The Morgan fingerprint density at radius 1 is 1.80 bits per heavy atom. The molecule has 0 aromatic rings. The molecule has 0 aromatic carbocycles. The van der Waals surface area contributed by atoms with E-state index >= 15 is 0 Å². The molecule has 0 saturated heterocycles. The van der Waals surface area contributed by atoms with Crippen LogP contribution in [-0.4, -0.2) is 16.3 Å². The normalized spacial score (nSPS) is 23.3. The van der Waals surface area contributed by atoms with Gasteiger partial charge in [-0.25, -0.2) is 0 Å². The maximum atomic E-state index is 10.0. The first-order valence-corrected chi connectivity index (χ1v) is 2.56. The molecule has 0 bridgehead atoms. The Hall–Kier alpha value is -1.36. The van der Waals surface area contributed by atoms with E-state index in [1.54, 1.807) is 0 Å². The van der Waals surface area contributed by atoms with Gasteiger partial charge in [0.2, 0.25) is 0 Å². The van der Waals surface area contributed by atoms with E-state index in [-0.39, 0.29) is 5.70 Å². The SMILES string of the molecule is O=[N+]([O-])C1=CC=COC1O. The number of rotatable bonds is 1. The van der Waals surface area contributed by atoms with E-state index in [0.717, 1.165) is 0 Å². The van der Waals surface area contributed by atoms with Gasteiger partial charge in [0.1, 0.15) is 0 Å². The van der Waals surface area contributed by atoms with Crippen molar-refractivity contribution in [3.63, 3.8) is 0 Å². The number of nitrogens with zero attached hydrogens (tertiary/aromatic N) is 1. The van der Waals surface area contributed by atoms with Gasteiger partial charge >= 0.3 is 5.70 Å². The fraction of sp³-hybridized carbons (Fsp3) is 0.200. The highest BCUT2D eigenvalue weighted by molar-refractivity contribution is 5.10. The number of aliphatic hydroxyl groups is 1. The van der Waals surface area contributed by atoms with Gasteiger partial charge in [0.15, 0.2) is 0 Å². The van der Waals surface area contributed by atoms with Gasteiger partial charge < -0.3 is 9.84 Å². The van der Waals surface area contributed by atoms with Crippen LogP contribution in [0, 0.1) is 10.1 Å². The maximum absolute atomic E-state index is 10.0. The minimum atomic E-state index is -1.43. The molecule has 0 radical (unpaired) electrons. The molecule has 1 unspecified atom stereocenters. The smallest absolute Gasteiger partial charge is 0.314 e. The summed E-state index contributed by atoms with van der Waals surface area (Å²) in [7, 11) is 0. The van der Waals surface area contributed by atoms with E-state index in [1.165, 1.54) is 18.4 Å². The molecule has 0 aliphatic carbocycles. The molecule has 0 spiro atoms. The highest BCUT2D eigenvalue weighted by Gasteiger charge is 2.23. The largest absolute Gasteiger partial charge is 0.462 e. The number of hydrogen-bond donors (Lipinski definition) is 1. The van der Waals surface area contributed by atoms with Crippen LogP contribution in [0.4, 0.5) is 0 Å². The molecular formula is C5H5NO4. The molecule has 5 heteroatoms. The Labute approximate surface area is 56.4 Å². The van der Waals surface area contributed by atoms with Crippen LogP contribution in [0.25, 0.3) is 0 Å². The number of nitro groups is 1. The molecule has 0 aromatic heterocycles. The molecule has 5 nitrogen and oxygen atoms in total. The van der Waals surface area contributed by atoms with Gasteiger partial charge in [-0.2, -0.15) is 0 Å². The van der Waals surface area contributed by atoms with Crippen molar-refractivity contribution in [2.45, 2.75) is 6.29 Å². The van der Waals surface area contributed by atoms with Crippen molar-refractivity contribution in [1.29, 1.82) is 0 Å². The molecule has 1 N–H and O–H groups in total. The molecule has 0 amide bonds. The molecule has 0 saturated carbocycles. The van der Waals surface area contributed by atoms with Gasteiger partial charge in [0, 0.05) is 6.08 Å². The Kier molecular flexibility index (Phi) is 1.68. The molecule has 10 heavy (non-hydrogen) atoms. The summed E-state index contributed by atoms with van der Waals surface area (Å²) in [6, 6.07) is 0. The van der Waals surface area contributed by atoms with Gasteiger partial charge in [-0.15, -0.1) is 0 Å². The summed E-state index contributed by atoms with van der Waals surface area (Å²) in [5.41, 5.74) is -0.345. The average molecular weight is 143 g/mol. The van der Waals surface area contributed by atoms with E-state index in [0.29, 0.717) is 0 Å². The summed E-state index contributed by atoms with van der Waals surface area (Å²) in [6.45, 7) is 0. The Morgan fingerprint density at radius 2 is 2.50 bits per heavy atom. The molecule has 0 fully saturated rings. The first-order chi connectivity index (χ1) is 4.72. The number of ether oxygens (including phenoxy) is 1. The topological polar surface area (TPSA) is 72.6 Å². The van der Waals surface area contributed by atoms with Crippen LogP contribution >= 0.6 is 0 Å². The minimum absolute atomic E-state index is 0.345. The lowest BCUT2D eigenvalue weighted by Crippen LogP contribution is -2.19. The van der Waals surface area contributed by atoms with Crippen molar-refractivity contribution < 1.29 is 14.8 Å². The Balaban J connectivity index is 2.80. The van der Waals surface area contributed by atoms with Crippen molar-refractivity contribution in [3.05, 3.63) is 34.2 Å². The first kappa shape index (κ1) is 6.76. The van der Waals surface area contributed by atoms with Crippen LogP contribution < -0.4 is 0 Å². The standard InChI is InChI=1S/C5H5NO4/c7-5-4(6(8)9)2-1-3-10-5/h1-3,5,7H. The fourth-order valence-corrected chi connectivity index (χ4v) is 0.561. The Bertz CT molecular complexity index is 208. The minimum Gasteiger partial charge on any atom is -0.462 e. The zero-order valence-electron chi connectivity index (χ0n) is 4.93. The lowest BCUT2D eigenvalue weighted by atomic mass is 10.3. The summed E-state index contributed by atoms with van der Waals surface area (Å²) in [6.07, 6.45) is 2.30. The number of aliphatic hydroxyl groups excluding tert-OH is 1. The van der Waals surface area contributed by atoms with Crippen molar-refractivity contribution >= 4 is 0 Å². The molecule has 1 rings (SSSR count). The van der Waals surface area contributed by atoms with E-state index in [2.05, 4.69) is 4.74 Å². The average Bonchev–Trinajstić information content (AvgIpc) is 1.88. The summed E-state index contributed by atoms with van der Waals surface area (Å²) in [5.74, 6) is 0. The fourth-order valence-electron chi connectivity index (χ4n) is 0.561. The molecular weight excluding hydrogens is 138 g/mol. The predicted octanol–water partition coefficient (Wildman–Crippen LogP) is 0.00930. The molecule has 1 heterocycles. The van der Waals surface area contributed by atoms with Crippen molar-refractivity contribution in [2.24, 2.45) is 0 Å². The third-order valence-corrected chi connectivity index (χ3v) is 1.02. The van der Waals surface area contributed by atoms with Crippen molar-refractivity contribution in [1.82, 2.24) is 0 Å². The van der Waals surface area contributed by atoms with E-state index in [9.17, 15) is 10.1 Å². The zero-order valence-corrected chi connectivity index (χ0v) is 4.93. The summed E-state index contributed by atoms with van der Waals surface area (Å²) >= 11 is 0. The van der Waals surface area contributed by atoms with Gasteiger partial charge in [-0.3, -0.25) is 10.1 Å². The molecule has 1 aliphatic rings. The van der Waals surface area contributed by atoms with Gasteiger partial charge in [0.05, 0.1) is 11.2 Å².